The van der Waals surface area contributed by atoms with E-state index in [1.807, 2.05) is 11.4 Å². The summed E-state index contributed by atoms with van der Waals surface area (Å²) in [4.78, 5) is 24.8. The van der Waals surface area contributed by atoms with Gasteiger partial charge in [0.1, 0.15) is 4.88 Å². The van der Waals surface area contributed by atoms with Crippen LogP contribution in [0.5, 0.6) is 0 Å². The van der Waals surface area contributed by atoms with Gasteiger partial charge in [0.25, 0.3) is 0 Å². The zero-order valence-electron chi connectivity index (χ0n) is 12.2. The van der Waals surface area contributed by atoms with E-state index in [1.54, 1.807) is 18.3 Å². The number of carbonyl (C=O) groups excluding carboxylic acids is 2. The lowest BCUT2D eigenvalue weighted by molar-refractivity contribution is -0.125. The molecule has 2 aromatic rings. The van der Waals surface area contributed by atoms with Crippen LogP contribution in [0.3, 0.4) is 0 Å². The van der Waals surface area contributed by atoms with Crippen LogP contribution < -0.4 is 5.32 Å². The number of esters is 1. The van der Waals surface area contributed by atoms with Crippen LogP contribution in [0.4, 0.5) is 0 Å². The highest BCUT2D eigenvalue weighted by Crippen LogP contribution is 2.35. The van der Waals surface area contributed by atoms with Crippen LogP contribution in [0.2, 0.25) is 0 Å². The normalized spacial score (nSPS) is 17.8. The first-order valence-corrected chi connectivity index (χ1v) is 8.91. The van der Waals surface area contributed by atoms with Gasteiger partial charge in [-0.15, -0.1) is 22.7 Å². The minimum atomic E-state index is -0.315. The van der Waals surface area contributed by atoms with Crippen molar-refractivity contribution in [3.63, 3.8) is 0 Å². The summed E-state index contributed by atoms with van der Waals surface area (Å²) < 4.78 is 12.5. The van der Waals surface area contributed by atoms with Crippen LogP contribution in [0.15, 0.2) is 11.4 Å². The summed E-state index contributed by atoms with van der Waals surface area (Å²) in [5, 5.41) is 4.93. The Balaban J connectivity index is 1.78. The molecule has 1 atom stereocenters. The van der Waals surface area contributed by atoms with E-state index in [4.69, 9.17) is 9.47 Å². The van der Waals surface area contributed by atoms with Crippen LogP contribution in [0.1, 0.15) is 28.6 Å². The number of hydrogen-bond donors (Lipinski definition) is 1. The van der Waals surface area contributed by atoms with E-state index in [2.05, 4.69) is 5.32 Å². The molecule has 3 rings (SSSR count). The fourth-order valence-electron chi connectivity index (χ4n) is 2.46. The van der Waals surface area contributed by atoms with Gasteiger partial charge in [-0.1, -0.05) is 0 Å². The molecule has 3 heterocycles. The standard InChI is InChI=1S/C15H17NO4S2/c1-2-20-15(18)13-10(12-11(22-13)4-6-21-12)7-16-14(17)9-3-5-19-8-9/h4,6,9H,2-3,5,7-8H2,1H3,(H,16,17)/t9-/m1/s1. The zero-order chi connectivity index (χ0) is 15.5. The molecule has 1 N–H and O–H groups in total. The molecule has 22 heavy (non-hydrogen) atoms. The maximum Gasteiger partial charge on any atom is 0.348 e. The predicted molar refractivity (Wildman–Crippen MR) is 86.4 cm³/mol. The number of thiophene rings is 2. The lowest BCUT2D eigenvalue weighted by Crippen LogP contribution is -2.30. The van der Waals surface area contributed by atoms with Gasteiger partial charge in [-0.05, 0) is 24.8 Å². The van der Waals surface area contributed by atoms with E-state index in [1.165, 1.54) is 11.3 Å². The molecular weight excluding hydrogens is 322 g/mol. The lowest BCUT2D eigenvalue weighted by atomic mass is 10.1. The summed E-state index contributed by atoms with van der Waals surface area (Å²) in [5.74, 6) is -0.406. The number of amides is 1. The van der Waals surface area contributed by atoms with Crippen molar-refractivity contribution in [2.24, 2.45) is 5.92 Å². The Bertz CT molecular complexity index is 685. The van der Waals surface area contributed by atoms with Crippen LogP contribution in [-0.2, 0) is 20.8 Å². The average molecular weight is 339 g/mol. The van der Waals surface area contributed by atoms with Gasteiger partial charge in [0.05, 0.1) is 23.8 Å². The highest BCUT2D eigenvalue weighted by Gasteiger charge is 2.25. The van der Waals surface area contributed by atoms with Gasteiger partial charge in [0, 0.05) is 23.4 Å². The van der Waals surface area contributed by atoms with E-state index in [9.17, 15) is 9.59 Å². The summed E-state index contributed by atoms with van der Waals surface area (Å²) in [6.07, 6.45) is 0.759. The molecule has 0 unspecified atom stereocenters. The number of carbonyl (C=O) groups is 2. The molecule has 0 aliphatic carbocycles. The van der Waals surface area contributed by atoms with E-state index in [0.29, 0.717) is 31.2 Å². The number of fused-ring (bicyclic) bond motifs is 1. The molecule has 0 bridgehead atoms. The van der Waals surface area contributed by atoms with Gasteiger partial charge in [-0.3, -0.25) is 4.79 Å². The molecule has 1 aliphatic rings. The summed E-state index contributed by atoms with van der Waals surface area (Å²) in [6, 6.07) is 1.99. The highest BCUT2D eigenvalue weighted by molar-refractivity contribution is 7.28. The molecule has 5 nitrogen and oxygen atoms in total. The summed E-state index contributed by atoms with van der Waals surface area (Å²) in [7, 11) is 0. The van der Waals surface area contributed by atoms with E-state index < -0.39 is 0 Å². The van der Waals surface area contributed by atoms with Crippen molar-refractivity contribution in [3.05, 3.63) is 21.9 Å². The van der Waals surface area contributed by atoms with Crippen molar-refractivity contribution >= 4 is 43.9 Å². The molecule has 0 radical (unpaired) electrons. The van der Waals surface area contributed by atoms with Crippen molar-refractivity contribution < 1.29 is 19.1 Å². The molecule has 7 heteroatoms. The Morgan fingerprint density at radius 1 is 1.50 bits per heavy atom. The Kier molecular flexibility index (Phi) is 4.75. The molecule has 0 saturated carbocycles. The van der Waals surface area contributed by atoms with Gasteiger partial charge in [0.2, 0.25) is 5.91 Å². The summed E-state index contributed by atoms with van der Waals surface area (Å²) >= 11 is 3.00. The van der Waals surface area contributed by atoms with Crippen LogP contribution in [-0.4, -0.2) is 31.7 Å². The quantitative estimate of drug-likeness (QED) is 0.851. The second-order valence-electron chi connectivity index (χ2n) is 5.02. The topological polar surface area (TPSA) is 64.6 Å². The Morgan fingerprint density at radius 3 is 3.09 bits per heavy atom. The zero-order valence-corrected chi connectivity index (χ0v) is 13.9. The molecule has 0 spiro atoms. The lowest BCUT2D eigenvalue weighted by Gasteiger charge is -2.10. The number of rotatable bonds is 5. The smallest absolute Gasteiger partial charge is 0.348 e. The Labute approximate surface area is 136 Å². The third kappa shape index (κ3) is 3.02. The molecule has 118 valence electrons. The van der Waals surface area contributed by atoms with Gasteiger partial charge in [0.15, 0.2) is 0 Å². The molecule has 1 fully saturated rings. The van der Waals surface area contributed by atoms with Crippen molar-refractivity contribution in [2.75, 3.05) is 19.8 Å². The van der Waals surface area contributed by atoms with E-state index >= 15 is 0 Å². The van der Waals surface area contributed by atoms with Crippen molar-refractivity contribution in [3.8, 4) is 0 Å². The molecule has 1 amide bonds. The van der Waals surface area contributed by atoms with Gasteiger partial charge in [-0.25, -0.2) is 4.79 Å². The fraction of sp³-hybridized carbons (Fsp3) is 0.467. The Hall–Kier alpha value is -1.44. The number of ether oxygens (including phenoxy) is 2. The van der Waals surface area contributed by atoms with E-state index in [-0.39, 0.29) is 17.8 Å². The minimum Gasteiger partial charge on any atom is -0.462 e. The molecule has 1 aliphatic heterocycles. The van der Waals surface area contributed by atoms with Gasteiger partial charge < -0.3 is 14.8 Å². The van der Waals surface area contributed by atoms with Gasteiger partial charge in [-0.2, -0.15) is 0 Å². The molecule has 1 saturated heterocycles. The van der Waals surface area contributed by atoms with Gasteiger partial charge >= 0.3 is 5.97 Å². The highest BCUT2D eigenvalue weighted by atomic mass is 32.1. The maximum atomic E-state index is 12.1. The third-order valence-corrected chi connectivity index (χ3v) is 5.87. The largest absolute Gasteiger partial charge is 0.462 e. The summed E-state index contributed by atoms with van der Waals surface area (Å²) in [6.45, 7) is 3.60. The minimum absolute atomic E-state index is 0.0109. The van der Waals surface area contributed by atoms with Crippen molar-refractivity contribution in [2.45, 2.75) is 19.9 Å². The second kappa shape index (κ2) is 6.76. The van der Waals surface area contributed by atoms with Crippen molar-refractivity contribution in [1.82, 2.24) is 5.32 Å². The van der Waals surface area contributed by atoms with Crippen LogP contribution in [0.25, 0.3) is 9.40 Å². The molecular formula is C15H17NO4S2. The first-order chi connectivity index (χ1) is 10.7. The maximum absolute atomic E-state index is 12.1. The molecule has 0 aromatic carbocycles. The van der Waals surface area contributed by atoms with Crippen LogP contribution >= 0.6 is 22.7 Å². The SMILES string of the molecule is CCOC(=O)c1sc2ccsc2c1CNC(=O)[C@@H]1CCOC1. The van der Waals surface area contributed by atoms with E-state index in [0.717, 1.165) is 21.4 Å². The monoisotopic (exact) mass is 339 g/mol. The summed E-state index contributed by atoms with van der Waals surface area (Å²) in [5.41, 5.74) is 0.862. The number of hydrogen-bond acceptors (Lipinski definition) is 6. The predicted octanol–water partition coefficient (Wildman–Crippen LogP) is 2.79. The first-order valence-electron chi connectivity index (χ1n) is 7.22. The number of nitrogens with one attached hydrogen (secondary N) is 1. The molecule has 2 aromatic heterocycles. The third-order valence-electron chi connectivity index (χ3n) is 3.59. The first kappa shape index (κ1) is 15.5. The average Bonchev–Trinajstić information content (AvgIpc) is 3.21. The second-order valence-corrected chi connectivity index (χ2v) is 6.99. The fourth-order valence-corrected chi connectivity index (χ4v) is 4.73. The van der Waals surface area contributed by atoms with Crippen molar-refractivity contribution in [1.29, 1.82) is 0 Å². The Morgan fingerprint density at radius 2 is 2.36 bits per heavy atom. The van der Waals surface area contributed by atoms with Crippen LogP contribution in [0, 0.1) is 5.92 Å².